The molecule has 3 heterocycles. The summed E-state index contributed by atoms with van der Waals surface area (Å²) in [5, 5.41) is 0.0766. The molecule has 0 spiro atoms. The summed E-state index contributed by atoms with van der Waals surface area (Å²) >= 11 is 0. The number of imidazole rings is 1. The highest BCUT2D eigenvalue weighted by Gasteiger charge is 2.43. The van der Waals surface area contributed by atoms with E-state index in [1.807, 2.05) is 34.9 Å². The van der Waals surface area contributed by atoms with Crippen molar-refractivity contribution in [2.75, 3.05) is 6.61 Å². The first-order valence-electron chi connectivity index (χ1n) is 11.3. The first-order chi connectivity index (χ1) is 15.6. The lowest BCUT2D eigenvalue weighted by Gasteiger charge is -2.37. The third-order valence-corrected chi connectivity index (χ3v) is 11.1. The molecule has 176 valence electrons. The molecular formula is C24H32N4O4Si. The number of carbonyl (C=O) groups excluding carboxylic acids is 1. The molecular weight excluding hydrogens is 436 g/mol. The van der Waals surface area contributed by atoms with Crippen molar-refractivity contribution in [2.45, 2.75) is 70.7 Å². The average molecular weight is 469 g/mol. The van der Waals surface area contributed by atoms with Gasteiger partial charge in [0.25, 0.3) is 0 Å². The van der Waals surface area contributed by atoms with Crippen LogP contribution in [0.15, 0.2) is 43.0 Å². The Labute approximate surface area is 195 Å². The molecule has 1 aliphatic rings. The predicted molar refractivity (Wildman–Crippen MR) is 128 cm³/mol. The second-order valence-corrected chi connectivity index (χ2v) is 14.8. The zero-order chi connectivity index (χ0) is 23.8. The van der Waals surface area contributed by atoms with Crippen LogP contribution in [0.25, 0.3) is 22.4 Å². The molecule has 0 amide bonds. The van der Waals surface area contributed by atoms with Crippen LogP contribution in [0.2, 0.25) is 18.1 Å². The number of esters is 1. The van der Waals surface area contributed by atoms with Crippen molar-refractivity contribution in [3.8, 4) is 11.3 Å². The Morgan fingerprint density at radius 1 is 1.18 bits per heavy atom. The molecule has 1 aromatic carbocycles. The van der Waals surface area contributed by atoms with Crippen LogP contribution in [0.5, 0.6) is 0 Å². The SMILES string of the molecule is CC(=O)O[C@H]1C[C@H](n2cnc3c(-c4ccccc4)ncnc32)O[C@@H]1CO[Si](C)(C)C(C)(C)C. The molecule has 0 saturated carbocycles. The standard InChI is InChI=1S/C24H32N4O4Si/c1-16(29)31-18-12-20(32-19(18)13-30-33(5,6)24(2,3)4)28-15-27-22-21(25-14-26-23(22)28)17-10-8-7-9-11-17/h7-11,14-15,18-20H,12-13H2,1-6H3/t18-,19+,20+/m0/s1. The van der Waals surface area contributed by atoms with Gasteiger partial charge in [-0.2, -0.15) is 0 Å². The number of ether oxygens (including phenoxy) is 2. The molecule has 1 aliphatic heterocycles. The second-order valence-electron chi connectivity index (χ2n) is 10.00. The summed E-state index contributed by atoms with van der Waals surface area (Å²) in [6, 6.07) is 9.90. The van der Waals surface area contributed by atoms with E-state index in [1.54, 1.807) is 12.7 Å². The zero-order valence-electron chi connectivity index (χ0n) is 20.1. The van der Waals surface area contributed by atoms with Crippen LogP contribution in [0, 0.1) is 0 Å². The van der Waals surface area contributed by atoms with Gasteiger partial charge in [0.15, 0.2) is 14.0 Å². The van der Waals surface area contributed by atoms with Gasteiger partial charge in [-0.15, -0.1) is 0 Å². The molecule has 1 saturated heterocycles. The molecule has 0 radical (unpaired) electrons. The topological polar surface area (TPSA) is 88.4 Å². The summed E-state index contributed by atoms with van der Waals surface area (Å²) in [7, 11) is -1.98. The minimum absolute atomic E-state index is 0.0766. The predicted octanol–water partition coefficient (Wildman–Crippen LogP) is 4.73. The van der Waals surface area contributed by atoms with Crippen LogP contribution in [0.4, 0.5) is 0 Å². The Morgan fingerprint density at radius 2 is 1.91 bits per heavy atom. The summed E-state index contributed by atoms with van der Waals surface area (Å²) in [5.41, 5.74) is 3.13. The third-order valence-electron chi connectivity index (χ3n) is 6.63. The number of nitrogens with zero attached hydrogens (tertiary/aromatic N) is 4. The number of rotatable bonds is 6. The molecule has 9 heteroatoms. The fourth-order valence-corrected chi connectivity index (χ4v) is 4.75. The number of fused-ring (bicyclic) bond motifs is 1. The first-order valence-corrected chi connectivity index (χ1v) is 14.2. The summed E-state index contributed by atoms with van der Waals surface area (Å²) < 4.78 is 20.3. The van der Waals surface area contributed by atoms with Crippen LogP contribution < -0.4 is 0 Å². The van der Waals surface area contributed by atoms with Gasteiger partial charge >= 0.3 is 5.97 Å². The molecule has 3 aromatic rings. The fraction of sp³-hybridized carbons (Fsp3) is 0.500. The lowest BCUT2D eigenvalue weighted by molar-refractivity contribution is -0.150. The van der Waals surface area contributed by atoms with Crippen molar-refractivity contribution in [3.05, 3.63) is 43.0 Å². The van der Waals surface area contributed by atoms with E-state index in [9.17, 15) is 4.79 Å². The highest BCUT2D eigenvalue weighted by Crippen LogP contribution is 2.39. The van der Waals surface area contributed by atoms with Crippen molar-refractivity contribution in [2.24, 2.45) is 0 Å². The quantitative estimate of drug-likeness (QED) is 0.381. The Kier molecular flexibility index (Phi) is 6.39. The smallest absolute Gasteiger partial charge is 0.302 e. The van der Waals surface area contributed by atoms with E-state index < -0.39 is 14.4 Å². The molecule has 2 aromatic heterocycles. The summed E-state index contributed by atoms with van der Waals surface area (Å²) in [6.07, 6.45) is 2.64. The Morgan fingerprint density at radius 3 is 2.58 bits per heavy atom. The van der Waals surface area contributed by atoms with E-state index in [0.717, 1.165) is 11.3 Å². The van der Waals surface area contributed by atoms with E-state index >= 15 is 0 Å². The Balaban J connectivity index is 1.60. The molecule has 4 rings (SSSR count). The normalized spacial score (nSPS) is 21.5. The fourth-order valence-electron chi connectivity index (χ4n) is 3.74. The van der Waals surface area contributed by atoms with Crippen molar-refractivity contribution in [1.29, 1.82) is 0 Å². The molecule has 0 unspecified atom stereocenters. The Hall–Kier alpha value is -2.62. The van der Waals surface area contributed by atoms with E-state index in [-0.39, 0.29) is 23.3 Å². The third kappa shape index (κ3) is 4.85. The zero-order valence-corrected chi connectivity index (χ0v) is 21.1. The summed E-state index contributed by atoms with van der Waals surface area (Å²) in [4.78, 5) is 25.3. The molecule has 33 heavy (non-hydrogen) atoms. The van der Waals surface area contributed by atoms with Crippen LogP contribution in [-0.2, 0) is 18.7 Å². The van der Waals surface area contributed by atoms with Gasteiger partial charge < -0.3 is 13.9 Å². The van der Waals surface area contributed by atoms with Crippen molar-refractivity contribution in [3.63, 3.8) is 0 Å². The van der Waals surface area contributed by atoms with Gasteiger partial charge in [0, 0.05) is 18.9 Å². The highest BCUT2D eigenvalue weighted by atomic mass is 28.4. The van der Waals surface area contributed by atoms with Crippen molar-refractivity contribution in [1.82, 2.24) is 19.5 Å². The summed E-state index contributed by atoms with van der Waals surface area (Å²) in [6.45, 7) is 12.8. The molecule has 0 aliphatic carbocycles. The second kappa shape index (κ2) is 8.96. The van der Waals surface area contributed by atoms with Crippen molar-refractivity contribution < 1.29 is 18.7 Å². The van der Waals surface area contributed by atoms with E-state index in [0.29, 0.717) is 24.2 Å². The van der Waals surface area contributed by atoms with Gasteiger partial charge in [0.1, 0.15) is 36.0 Å². The lowest BCUT2D eigenvalue weighted by Crippen LogP contribution is -2.44. The maximum Gasteiger partial charge on any atom is 0.302 e. The lowest BCUT2D eigenvalue weighted by atomic mass is 10.1. The van der Waals surface area contributed by atoms with Crippen LogP contribution in [0.1, 0.15) is 40.3 Å². The van der Waals surface area contributed by atoms with Crippen LogP contribution in [0.3, 0.4) is 0 Å². The van der Waals surface area contributed by atoms with Gasteiger partial charge in [-0.1, -0.05) is 51.1 Å². The number of hydrogen-bond donors (Lipinski definition) is 0. The number of aromatic nitrogens is 4. The number of benzene rings is 1. The van der Waals surface area contributed by atoms with E-state index in [2.05, 4.69) is 48.8 Å². The molecule has 3 atom stereocenters. The largest absolute Gasteiger partial charge is 0.460 e. The molecule has 0 bridgehead atoms. The number of hydrogen-bond acceptors (Lipinski definition) is 7. The minimum Gasteiger partial charge on any atom is -0.460 e. The molecule has 1 fully saturated rings. The average Bonchev–Trinajstić information content (AvgIpc) is 3.35. The van der Waals surface area contributed by atoms with Gasteiger partial charge in [-0.05, 0) is 18.1 Å². The number of carbonyl (C=O) groups is 1. The van der Waals surface area contributed by atoms with Gasteiger partial charge in [0.2, 0.25) is 0 Å². The van der Waals surface area contributed by atoms with E-state index in [1.165, 1.54) is 6.92 Å². The van der Waals surface area contributed by atoms with Gasteiger partial charge in [-0.25, -0.2) is 15.0 Å². The van der Waals surface area contributed by atoms with Crippen LogP contribution in [-0.4, -0.2) is 52.6 Å². The maximum absolute atomic E-state index is 11.8. The minimum atomic E-state index is -1.98. The summed E-state index contributed by atoms with van der Waals surface area (Å²) in [5.74, 6) is -0.328. The molecule has 8 nitrogen and oxygen atoms in total. The first kappa shape index (κ1) is 23.5. The maximum atomic E-state index is 11.8. The molecule has 0 N–H and O–H groups in total. The Bertz CT molecular complexity index is 1130. The highest BCUT2D eigenvalue weighted by molar-refractivity contribution is 6.74. The van der Waals surface area contributed by atoms with E-state index in [4.69, 9.17) is 13.9 Å². The van der Waals surface area contributed by atoms with Crippen LogP contribution >= 0.6 is 0 Å². The van der Waals surface area contributed by atoms with Crippen molar-refractivity contribution >= 4 is 25.5 Å². The monoisotopic (exact) mass is 468 g/mol. The van der Waals surface area contributed by atoms with Gasteiger partial charge in [-0.3, -0.25) is 9.36 Å². The van der Waals surface area contributed by atoms with Gasteiger partial charge in [0.05, 0.1) is 12.9 Å².